The van der Waals surface area contributed by atoms with Crippen molar-refractivity contribution in [3.05, 3.63) is 49.6 Å². The van der Waals surface area contributed by atoms with Crippen molar-refractivity contribution in [2.45, 2.75) is 19.9 Å². The fourth-order valence-electron chi connectivity index (χ4n) is 1.75. The second kappa shape index (κ2) is 5.77. The van der Waals surface area contributed by atoms with E-state index in [1.807, 2.05) is 13.8 Å². The summed E-state index contributed by atoms with van der Waals surface area (Å²) < 4.78 is 3.06. The monoisotopic (exact) mass is 404 g/mol. The van der Waals surface area contributed by atoms with Crippen molar-refractivity contribution in [1.29, 1.82) is 0 Å². The number of halogens is 3. The molecule has 0 atom stereocenters. The van der Waals surface area contributed by atoms with E-state index in [1.54, 1.807) is 29.1 Å². The number of rotatable bonds is 3. The van der Waals surface area contributed by atoms with Gasteiger partial charge in [-0.2, -0.15) is 5.10 Å². The summed E-state index contributed by atoms with van der Waals surface area (Å²) >= 11 is 12.6. The zero-order valence-corrected chi connectivity index (χ0v) is 14.3. The fraction of sp³-hybridized carbons (Fsp3) is 0.231. The molecule has 0 fully saturated rings. The van der Waals surface area contributed by atoms with E-state index in [9.17, 15) is 4.79 Å². The predicted octanol–water partition coefficient (Wildman–Crippen LogP) is 4.87. The first-order chi connectivity index (χ1) is 8.91. The van der Waals surface area contributed by atoms with Gasteiger partial charge in [0.2, 0.25) is 5.78 Å². The van der Waals surface area contributed by atoms with Crippen molar-refractivity contribution in [2.24, 2.45) is 0 Å². The summed E-state index contributed by atoms with van der Waals surface area (Å²) in [5.41, 5.74) is 1.10. The molecule has 0 saturated heterocycles. The number of ketones is 1. The van der Waals surface area contributed by atoms with Gasteiger partial charge in [-0.1, -0.05) is 11.6 Å². The first-order valence-corrected chi connectivity index (χ1v) is 7.61. The largest absolute Gasteiger partial charge is 0.287 e. The second-order valence-corrected chi connectivity index (χ2v) is 6.48. The first-order valence-electron chi connectivity index (χ1n) is 5.64. The van der Waals surface area contributed by atoms with E-state index in [4.69, 9.17) is 11.6 Å². The van der Waals surface area contributed by atoms with Crippen LogP contribution in [0, 0.1) is 0 Å². The van der Waals surface area contributed by atoms with Gasteiger partial charge in [-0.15, -0.1) is 0 Å². The van der Waals surface area contributed by atoms with Crippen molar-refractivity contribution in [1.82, 2.24) is 9.78 Å². The molecule has 0 aliphatic heterocycles. The van der Waals surface area contributed by atoms with Crippen LogP contribution in [0.5, 0.6) is 0 Å². The topological polar surface area (TPSA) is 34.9 Å². The summed E-state index contributed by atoms with van der Waals surface area (Å²) in [4.78, 5) is 12.6. The molecule has 6 heteroatoms. The number of carbonyl (C=O) groups excluding carboxylic acids is 1. The lowest BCUT2D eigenvalue weighted by Crippen LogP contribution is -2.14. The fourth-order valence-corrected chi connectivity index (χ4v) is 3.06. The van der Waals surface area contributed by atoms with E-state index in [0.29, 0.717) is 25.2 Å². The zero-order chi connectivity index (χ0) is 14.2. The normalized spacial score (nSPS) is 11.1. The molecule has 3 nitrogen and oxygen atoms in total. The van der Waals surface area contributed by atoms with E-state index in [-0.39, 0.29) is 11.8 Å². The number of nitrogens with zero attached hydrogens (tertiary/aromatic N) is 2. The van der Waals surface area contributed by atoms with E-state index in [0.717, 1.165) is 0 Å². The summed E-state index contributed by atoms with van der Waals surface area (Å²) in [6.45, 7) is 3.96. The summed E-state index contributed by atoms with van der Waals surface area (Å²) in [5.74, 6) is -0.0957. The number of hydrogen-bond acceptors (Lipinski definition) is 2. The average Bonchev–Trinajstić information content (AvgIpc) is 2.70. The van der Waals surface area contributed by atoms with Crippen molar-refractivity contribution in [3.63, 3.8) is 0 Å². The van der Waals surface area contributed by atoms with Gasteiger partial charge in [0.1, 0.15) is 5.69 Å². The third kappa shape index (κ3) is 2.93. The first kappa shape index (κ1) is 14.8. The average molecular weight is 407 g/mol. The molecular weight excluding hydrogens is 395 g/mol. The lowest BCUT2D eigenvalue weighted by atomic mass is 10.1. The molecule has 2 rings (SSSR count). The van der Waals surface area contributed by atoms with Gasteiger partial charge < -0.3 is 0 Å². The molecule has 0 radical (unpaired) electrons. The smallest absolute Gasteiger partial charge is 0.213 e. The third-order valence-corrected chi connectivity index (χ3v) is 4.10. The molecule has 0 saturated carbocycles. The molecule has 0 aliphatic carbocycles. The maximum Gasteiger partial charge on any atom is 0.213 e. The van der Waals surface area contributed by atoms with Crippen LogP contribution in [0.1, 0.15) is 35.9 Å². The molecule has 1 aromatic carbocycles. The van der Waals surface area contributed by atoms with Crippen molar-refractivity contribution < 1.29 is 4.79 Å². The van der Waals surface area contributed by atoms with Crippen LogP contribution < -0.4 is 0 Å². The highest BCUT2D eigenvalue weighted by molar-refractivity contribution is 9.10. The van der Waals surface area contributed by atoms with Crippen molar-refractivity contribution >= 4 is 49.2 Å². The lowest BCUT2D eigenvalue weighted by Gasteiger charge is -2.11. The van der Waals surface area contributed by atoms with Crippen molar-refractivity contribution in [2.75, 3.05) is 0 Å². The SMILES string of the molecule is CC(C)n1ncc(Br)c1C(=O)c1ccc(Cl)cc1Br. The Labute approximate surface area is 133 Å². The van der Waals surface area contributed by atoms with E-state index >= 15 is 0 Å². The molecule has 0 spiro atoms. The van der Waals surface area contributed by atoms with Gasteiger partial charge in [0.05, 0.1) is 10.7 Å². The van der Waals surface area contributed by atoms with Crippen LogP contribution in [0.4, 0.5) is 0 Å². The van der Waals surface area contributed by atoms with Crippen LogP contribution in [0.15, 0.2) is 33.3 Å². The van der Waals surface area contributed by atoms with Gasteiger partial charge in [-0.3, -0.25) is 9.48 Å². The molecule has 0 bridgehead atoms. The molecule has 0 amide bonds. The molecule has 19 heavy (non-hydrogen) atoms. The highest BCUT2D eigenvalue weighted by Gasteiger charge is 2.22. The minimum atomic E-state index is -0.0957. The Morgan fingerprint density at radius 1 is 1.32 bits per heavy atom. The number of aromatic nitrogens is 2. The van der Waals surface area contributed by atoms with Crippen LogP contribution in [-0.4, -0.2) is 15.6 Å². The Bertz CT molecular complexity index is 638. The predicted molar refractivity (Wildman–Crippen MR) is 82.9 cm³/mol. The van der Waals surface area contributed by atoms with Crippen LogP contribution in [0.25, 0.3) is 0 Å². The Morgan fingerprint density at radius 2 is 2.00 bits per heavy atom. The summed E-state index contributed by atoms with van der Waals surface area (Å²) in [6, 6.07) is 5.22. The summed E-state index contributed by atoms with van der Waals surface area (Å²) in [5, 5.41) is 4.80. The maximum absolute atomic E-state index is 12.6. The second-order valence-electron chi connectivity index (χ2n) is 4.33. The molecule has 0 N–H and O–H groups in total. The van der Waals surface area contributed by atoms with Crippen LogP contribution in [0.2, 0.25) is 5.02 Å². The third-order valence-electron chi connectivity index (χ3n) is 2.63. The van der Waals surface area contributed by atoms with E-state index in [1.165, 1.54) is 0 Å². The van der Waals surface area contributed by atoms with E-state index < -0.39 is 0 Å². The molecule has 0 unspecified atom stereocenters. The van der Waals surface area contributed by atoms with Crippen LogP contribution in [0.3, 0.4) is 0 Å². The highest BCUT2D eigenvalue weighted by atomic mass is 79.9. The van der Waals surface area contributed by atoms with Crippen LogP contribution >= 0.6 is 43.5 Å². The van der Waals surface area contributed by atoms with Gasteiger partial charge in [-0.25, -0.2) is 0 Å². The van der Waals surface area contributed by atoms with E-state index in [2.05, 4.69) is 37.0 Å². The Kier molecular flexibility index (Phi) is 4.48. The molecule has 0 aliphatic rings. The number of hydrogen-bond donors (Lipinski definition) is 0. The van der Waals surface area contributed by atoms with Gasteiger partial charge in [-0.05, 0) is 63.9 Å². The Balaban J connectivity index is 2.53. The van der Waals surface area contributed by atoms with Gasteiger partial charge >= 0.3 is 0 Å². The molecule has 2 aromatic rings. The van der Waals surface area contributed by atoms with Crippen LogP contribution in [-0.2, 0) is 0 Å². The lowest BCUT2D eigenvalue weighted by molar-refractivity contribution is 0.102. The maximum atomic E-state index is 12.6. The molecule has 1 heterocycles. The Hall–Kier alpha value is -0.650. The Morgan fingerprint density at radius 3 is 2.58 bits per heavy atom. The molecule has 1 aromatic heterocycles. The number of benzene rings is 1. The number of carbonyl (C=O) groups is 1. The minimum Gasteiger partial charge on any atom is -0.287 e. The summed E-state index contributed by atoms with van der Waals surface area (Å²) in [7, 11) is 0. The van der Waals surface area contributed by atoms with Gasteiger partial charge in [0.15, 0.2) is 0 Å². The standard InChI is InChI=1S/C13H11Br2ClN2O/c1-7(2)18-12(11(15)6-17-18)13(19)9-4-3-8(16)5-10(9)14/h3-7H,1-2H3. The van der Waals surface area contributed by atoms with Gasteiger partial charge in [0.25, 0.3) is 0 Å². The highest BCUT2D eigenvalue weighted by Crippen LogP contribution is 2.27. The minimum absolute atomic E-state index is 0.0957. The quantitative estimate of drug-likeness (QED) is 0.682. The van der Waals surface area contributed by atoms with Gasteiger partial charge in [0, 0.05) is 21.1 Å². The molecular formula is C13H11Br2ClN2O. The molecule has 100 valence electrons. The summed E-state index contributed by atoms with van der Waals surface area (Å²) in [6.07, 6.45) is 1.64. The van der Waals surface area contributed by atoms with Crippen molar-refractivity contribution in [3.8, 4) is 0 Å². The zero-order valence-electron chi connectivity index (χ0n) is 10.3.